The molecule has 0 aliphatic heterocycles. The maximum Gasteiger partial charge on any atom is 0.271 e. The van der Waals surface area contributed by atoms with Gasteiger partial charge in [-0.1, -0.05) is 18.2 Å². The average molecular weight is 295 g/mol. The molecule has 1 amide bonds. The lowest BCUT2D eigenvalue weighted by atomic mass is 10.3. The van der Waals surface area contributed by atoms with Crippen molar-refractivity contribution in [3.63, 3.8) is 0 Å². The summed E-state index contributed by atoms with van der Waals surface area (Å²) in [5, 5.41) is 7.17. The molecule has 0 bridgehead atoms. The minimum Gasteiger partial charge on any atom is -0.350 e. The number of benzene rings is 1. The highest BCUT2D eigenvalue weighted by molar-refractivity contribution is 5.92. The number of imidazole rings is 1. The first-order valence-corrected chi connectivity index (χ1v) is 7.08. The molecule has 0 atom stereocenters. The molecule has 3 rings (SSSR count). The van der Waals surface area contributed by atoms with E-state index in [1.54, 1.807) is 29.5 Å². The number of carbonyl (C=O) groups is 1. The van der Waals surface area contributed by atoms with Gasteiger partial charge >= 0.3 is 0 Å². The third-order valence-corrected chi connectivity index (χ3v) is 3.43. The summed E-state index contributed by atoms with van der Waals surface area (Å²) in [5.41, 5.74) is 2.42. The summed E-state index contributed by atoms with van der Waals surface area (Å²) in [4.78, 5) is 16.1. The Hall–Kier alpha value is -2.89. The number of aromatic nitrogens is 4. The fraction of sp³-hybridized carbons (Fsp3) is 0.188. The Labute approximate surface area is 128 Å². The van der Waals surface area contributed by atoms with Crippen molar-refractivity contribution in [2.45, 2.75) is 6.42 Å². The van der Waals surface area contributed by atoms with Gasteiger partial charge in [-0.2, -0.15) is 5.10 Å². The zero-order valence-corrected chi connectivity index (χ0v) is 12.3. The van der Waals surface area contributed by atoms with E-state index in [0.717, 1.165) is 17.8 Å². The Morgan fingerprint density at radius 1 is 1.23 bits per heavy atom. The van der Waals surface area contributed by atoms with E-state index >= 15 is 0 Å². The van der Waals surface area contributed by atoms with Gasteiger partial charge in [0.2, 0.25) is 0 Å². The zero-order chi connectivity index (χ0) is 15.4. The van der Waals surface area contributed by atoms with Crippen LogP contribution in [-0.2, 0) is 13.5 Å². The molecule has 0 unspecified atom stereocenters. The molecule has 2 aromatic heterocycles. The van der Waals surface area contributed by atoms with E-state index in [9.17, 15) is 4.79 Å². The van der Waals surface area contributed by atoms with Crippen LogP contribution in [0.3, 0.4) is 0 Å². The number of hydrogen-bond donors (Lipinski definition) is 1. The zero-order valence-electron chi connectivity index (χ0n) is 12.3. The summed E-state index contributed by atoms with van der Waals surface area (Å²) in [6, 6.07) is 11.4. The van der Waals surface area contributed by atoms with E-state index in [1.807, 2.05) is 41.9 Å². The van der Waals surface area contributed by atoms with Crippen LogP contribution in [0.25, 0.3) is 5.69 Å². The van der Waals surface area contributed by atoms with Crippen LogP contribution in [0.15, 0.2) is 55.1 Å². The van der Waals surface area contributed by atoms with Crippen LogP contribution >= 0.6 is 0 Å². The van der Waals surface area contributed by atoms with E-state index < -0.39 is 0 Å². The summed E-state index contributed by atoms with van der Waals surface area (Å²) >= 11 is 0. The van der Waals surface area contributed by atoms with Crippen LogP contribution in [0.4, 0.5) is 0 Å². The largest absolute Gasteiger partial charge is 0.350 e. The van der Waals surface area contributed by atoms with Crippen molar-refractivity contribution in [1.82, 2.24) is 24.6 Å². The summed E-state index contributed by atoms with van der Waals surface area (Å²) in [6.45, 7) is 0.552. The molecule has 0 saturated heterocycles. The second-order valence-electron chi connectivity index (χ2n) is 4.98. The predicted octanol–water partition coefficient (Wildman–Crippen LogP) is 1.58. The molecule has 6 heteroatoms. The Bertz CT molecular complexity index is 760. The highest BCUT2D eigenvalue weighted by Gasteiger charge is 2.10. The van der Waals surface area contributed by atoms with Crippen molar-refractivity contribution in [2.75, 3.05) is 6.54 Å². The summed E-state index contributed by atoms with van der Waals surface area (Å²) in [7, 11) is 1.94. The van der Waals surface area contributed by atoms with Gasteiger partial charge in [0.25, 0.3) is 5.91 Å². The van der Waals surface area contributed by atoms with Gasteiger partial charge in [-0.15, -0.1) is 0 Å². The Balaban J connectivity index is 1.59. The lowest BCUT2D eigenvalue weighted by Gasteiger charge is -2.04. The van der Waals surface area contributed by atoms with Gasteiger partial charge in [0.15, 0.2) is 5.69 Å². The molecule has 0 saturated carbocycles. The SMILES string of the molecule is Cn1cncc1CCNC(=O)c1ccn(-c2ccccc2)n1. The van der Waals surface area contributed by atoms with Crippen molar-refractivity contribution in [2.24, 2.45) is 7.05 Å². The lowest BCUT2D eigenvalue weighted by molar-refractivity contribution is 0.0948. The van der Waals surface area contributed by atoms with Gasteiger partial charge in [-0.05, 0) is 18.2 Å². The van der Waals surface area contributed by atoms with Gasteiger partial charge < -0.3 is 9.88 Å². The van der Waals surface area contributed by atoms with Gasteiger partial charge in [-0.3, -0.25) is 4.79 Å². The maximum absolute atomic E-state index is 12.1. The summed E-state index contributed by atoms with van der Waals surface area (Å²) in [6.07, 6.45) is 6.07. The highest BCUT2D eigenvalue weighted by atomic mass is 16.1. The van der Waals surface area contributed by atoms with Crippen molar-refractivity contribution in [3.8, 4) is 5.69 Å². The van der Waals surface area contributed by atoms with Crippen molar-refractivity contribution >= 4 is 5.91 Å². The van der Waals surface area contributed by atoms with Crippen molar-refractivity contribution < 1.29 is 4.79 Å². The van der Waals surface area contributed by atoms with E-state index in [-0.39, 0.29) is 5.91 Å². The first-order valence-electron chi connectivity index (χ1n) is 7.08. The smallest absolute Gasteiger partial charge is 0.271 e. The number of para-hydroxylation sites is 1. The van der Waals surface area contributed by atoms with Crippen molar-refractivity contribution in [3.05, 3.63) is 66.5 Å². The van der Waals surface area contributed by atoms with E-state index in [0.29, 0.717) is 12.2 Å². The normalized spacial score (nSPS) is 10.6. The Kier molecular flexibility index (Phi) is 4.00. The van der Waals surface area contributed by atoms with E-state index in [2.05, 4.69) is 15.4 Å². The van der Waals surface area contributed by atoms with Gasteiger partial charge in [0.05, 0.1) is 12.0 Å². The van der Waals surface area contributed by atoms with Crippen molar-refractivity contribution in [1.29, 1.82) is 0 Å². The molecular weight excluding hydrogens is 278 g/mol. The van der Waals surface area contributed by atoms with Crippen LogP contribution < -0.4 is 5.32 Å². The number of carbonyl (C=O) groups excluding carboxylic acids is 1. The molecule has 0 aliphatic carbocycles. The number of amides is 1. The number of rotatable bonds is 5. The third-order valence-electron chi connectivity index (χ3n) is 3.43. The predicted molar refractivity (Wildman–Crippen MR) is 82.8 cm³/mol. The van der Waals surface area contributed by atoms with Gasteiger partial charge in [0.1, 0.15) is 0 Å². The maximum atomic E-state index is 12.1. The van der Waals surface area contributed by atoms with Crippen LogP contribution in [-0.4, -0.2) is 31.8 Å². The number of nitrogens with one attached hydrogen (secondary N) is 1. The van der Waals surface area contributed by atoms with Gasteiger partial charge in [0, 0.05) is 38.1 Å². The van der Waals surface area contributed by atoms with E-state index in [4.69, 9.17) is 0 Å². The molecule has 3 aromatic rings. The molecule has 0 fully saturated rings. The topological polar surface area (TPSA) is 64.7 Å². The highest BCUT2D eigenvalue weighted by Crippen LogP contribution is 2.06. The van der Waals surface area contributed by atoms with Gasteiger partial charge in [-0.25, -0.2) is 9.67 Å². The fourth-order valence-electron chi connectivity index (χ4n) is 2.19. The molecule has 2 heterocycles. The minimum atomic E-state index is -0.170. The van der Waals surface area contributed by atoms with E-state index in [1.165, 1.54) is 0 Å². The first-order chi connectivity index (χ1) is 10.7. The lowest BCUT2D eigenvalue weighted by Crippen LogP contribution is -2.26. The third kappa shape index (κ3) is 3.06. The van der Waals surface area contributed by atoms with Crippen LogP contribution in [0.5, 0.6) is 0 Å². The quantitative estimate of drug-likeness (QED) is 0.777. The molecule has 0 aliphatic rings. The number of hydrogen-bond acceptors (Lipinski definition) is 3. The Morgan fingerprint density at radius 2 is 2.05 bits per heavy atom. The second-order valence-corrected chi connectivity index (χ2v) is 4.98. The van der Waals surface area contributed by atoms with Crippen LogP contribution in [0, 0.1) is 0 Å². The standard InChI is InChI=1S/C16H17N5O/c1-20-12-17-11-14(20)7-9-18-16(22)15-8-10-21(19-15)13-5-3-2-4-6-13/h2-6,8,10-12H,7,9H2,1H3,(H,18,22). The number of nitrogens with zero attached hydrogens (tertiary/aromatic N) is 4. The molecule has 1 aromatic carbocycles. The molecule has 0 radical (unpaired) electrons. The molecule has 6 nitrogen and oxygen atoms in total. The molecule has 22 heavy (non-hydrogen) atoms. The molecule has 1 N–H and O–H groups in total. The monoisotopic (exact) mass is 295 g/mol. The van der Waals surface area contributed by atoms with Crippen LogP contribution in [0.2, 0.25) is 0 Å². The molecule has 0 spiro atoms. The average Bonchev–Trinajstić information content (AvgIpc) is 3.18. The first kappa shape index (κ1) is 14.1. The minimum absolute atomic E-state index is 0.170. The summed E-state index contributed by atoms with van der Waals surface area (Å²) < 4.78 is 3.63. The Morgan fingerprint density at radius 3 is 2.77 bits per heavy atom. The fourth-order valence-corrected chi connectivity index (χ4v) is 2.19. The number of aryl methyl sites for hydroxylation is 1. The molecule has 112 valence electrons. The molecular formula is C16H17N5O. The summed E-state index contributed by atoms with van der Waals surface area (Å²) in [5.74, 6) is -0.170. The second kappa shape index (κ2) is 6.26. The van der Waals surface area contributed by atoms with Crippen LogP contribution in [0.1, 0.15) is 16.2 Å².